The molecule has 1 nitrogen and oxygen atoms in total. The summed E-state index contributed by atoms with van der Waals surface area (Å²) in [6.45, 7) is 3.29. The quantitative estimate of drug-likeness (QED) is 0.550. The zero-order valence-corrected chi connectivity index (χ0v) is 8.39. The molecule has 0 aliphatic carbocycles. The lowest BCUT2D eigenvalue weighted by Crippen LogP contribution is -2.29. The second kappa shape index (κ2) is 6.90. The van der Waals surface area contributed by atoms with Gasteiger partial charge < -0.3 is 5.32 Å². The zero-order chi connectivity index (χ0) is 7.11. The van der Waals surface area contributed by atoms with Crippen molar-refractivity contribution in [3.63, 3.8) is 0 Å². The van der Waals surface area contributed by atoms with E-state index in [1.807, 2.05) is 11.8 Å². The van der Waals surface area contributed by atoms with Crippen LogP contribution in [0.3, 0.4) is 0 Å². The summed E-state index contributed by atoms with van der Waals surface area (Å²) in [5.74, 6) is 1.21. The van der Waals surface area contributed by atoms with E-state index in [1.165, 1.54) is 5.75 Å². The molecule has 0 aliphatic heterocycles. The highest BCUT2D eigenvalue weighted by Gasteiger charge is 1.94. The Bertz CT molecular complexity index is 61.0. The van der Waals surface area contributed by atoms with Crippen LogP contribution in [-0.4, -0.2) is 29.9 Å². The maximum Gasteiger partial charge on any atom is 0.0183 e. The minimum Gasteiger partial charge on any atom is -0.313 e. The van der Waals surface area contributed by atoms with Gasteiger partial charge in [-0.1, -0.05) is 15.9 Å². The summed E-state index contributed by atoms with van der Waals surface area (Å²) in [4.78, 5) is 0. The number of nitrogens with one attached hydrogen (secondary N) is 1. The molecule has 0 aromatic carbocycles. The Morgan fingerprint density at radius 2 is 2.33 bits per heavy atom. The third-order valence-corrected chi connectivity index (χ3v) is 2.61. The second-order valence-electron chi connectivity index (χ2n) is 2.00. The number of alkyl halides is 1. The molecule has 0 bridgehead atoms. The first-order valence-electron chi connectivity index (χ1n) is 3.09. The van der Waals surface area contributed by atoms with Crippen LogP contribution >= 0.6 is 27.7 Å². The lowest BCUT2D eigenvalue weighted by molar-refractivity contribution is 0.627. The van der Waals surface area contributed by atoms with E-state index in [0.29, 0.717) is 6.04 Å². The van der Waals surface area contributed by atoms with Gasteiger partial charge in [0, 0.05) is 23.7 Å². The zero-order valence-electron chi connectivity index (χ0n) is 5.98. The second-order valence-corrected chi connectivity index (χ2v) is 3.64. The number of halogens is 1. The Kier molecular flexibility index (Phi) is 7.51. The van der Waals surface area contributed by atoms with E-state index in [-0.39, 0.29) is 0 Å². The van der Waals surface area contributed by atoms with Crippen LogP contribution in [0.4, 0.5) is 0 Å². The Balaban J connectivity index is 2.88. The SMILES string of the molecule is CSCCNC(C)CBr. The van der Waals surface area contributed by atoms with E-state index < -0.39 is 0 Å². The highest BCUT2D eigenvalue weighted by Crippen LogP contribution is 1.91. The Labute approximate surface area is 70.1 Å². The summed E-state index contributed by atoms with van der Waals surface area (Å²) in [6.07, 6.45) is 2.13. The summed E-state index contributed by atoms with van der Waals surface area (Å²) in [5, 5.41) is 4.41. The fourth-order valence-electron chi connectivity index (χ4n) is 0.462. The standard InChI is InChI=1S/C6H14BrNS/c1-6(5-7)8-3-4-9-2/h6,8H,3-5H2,1-2H3. The van der Waals surface area contributed by atoms with Gasteiger partial charge in [-0.25, -0.2) is 0 Å². The third-order valence-electron chi connectivity index (χ3n) is 1.03. The molecule has 3 heteroatoms. The normalized spacial score (nSPS) is 13.7. The van der Waals surface area contributed by atoms with E-state index in [1.54, 1.807) is 0 Å². The lowest BCUT2D eigenvalue weighted by atomic mass is 10.4. The average molecular weight is 212 g/mol. The van der Waals surface area contributed by atoms with Crippen molar-refractivity contribution in [2.45, 2.75) is 13.0 Å². The first kappa shape index (κ1) is 9.79. The van der Waals surface area contributed by atoms with Gasteiger partial charge in [0.1, 0.15) is 0 Å². The third kappa shape index (κ3) is 6.68. The van der Waals surface area contributed by atoms with Crippen molar-refractivity contribution in [1.29, 1.82) is 0 Å². The molecule has 0 saturated carbocycles. The van der Waals surface area contributed by atoms with Gasteiger partial charge in [-0.3, -0.25) is 0 Å². The Hall–Kier alpha value is 0.790. The Morgan fingerprint density at radius 3 is 2.78 bits per heavy atom. The van der Waals surface area contributed by atoms with Gasteiger partial charge >= 0.3 is 0 Å². The summed E-state index contributed by atoms with van der Waals surface area (Å²) in [7, 11) is 0. The van der Waals surface area contributed by atoms with Crippen molar-refractivity contribution in [1.82, 2.24) is 5.32 Å². The molecule has 0 aliphatic rings. The summed E-state index contributed by atoms with van der Waals surface area (Å²) in [6, 6.07) is 0.608. The first-order chi connectivity index (χ1) is 4.31. The van der Waals surface area contributed by atoms with Crippen LogP contribution in [0.15, 0.2) is 0 Å². The minimum atomic E-state index is 0.608. The largest absolute Gasteiger partial charge is 0.313 e. The van der Waals surface area contributed by atoms with E-state index >= 15 is 0 Å². The van der Waals surface area contributed by atoms with Crippen LogP contribution < -0.4 is 5.32 Å². The minimum absolute atomic E-state index is 0.608. The van der Waals surface area contributed by atoms with Crippen molar-refractivity contribution in [2.75, 3.05) is 23.9 Å². The molecule has 0 saturated heterocycles. The topological polar surface area (TPSA) is 12.0 Å². The van der Waals surface area contributed by atoms with Gasteiger partial charge in [0.25, 0.3) is 0 Å². The highest BCUT2D eigenvalue weighted by atomic mass is 79.9. The van der Waals surface area contributed by atoms with Crippen molar-refractivity contribution >= 4 is 27.7 Å². The summed E-state index contributed by atoms with van der Waals surface area (Å²) >= 11 is 5.27. The van der Waals surface area contributed by atoms with Crippen LogP contribution in [0, 0.1) is 0 Å². The first-order valence-corrected chi connectivity index (χ1v) is 5.61. The van der Waals surface area contributed by atoms with Crippen molar-refractivity contribution in [3.8, 4) is 0 Å². The van der Waals surface area contributed by atoms with Crippen LogP contribution in [-0.2, 0) is 0 Å². The smallest absolute Gasteiger partial charge is 0.0183 e. The predicted octanol–water partition coefficient (Wildman–Crippen LogP) is 1.72. The van der Waals surface area contributed by atoms with E-state index in [9.17, 15) is 0 Å². The highest BCUT2D eigenvalue weighted by molar-refractivity contribution is 9.09. The van der Waals surface area contributed by atoms with E-state index in [0.717, 1.165) is 11.9 Å². The van der Waals surface area contributed by atoms with E-state index in [2.05, 4.69) is 34.4 Å². The number of hydrogen-bond acceptors (Lipinski definition) is 2. The molecule has 0 rings (SSSR count). The van der Waals surface area contributed by atoms with Gasteiger partial charge in [0.2, 0.25) is 0 Å². The molecule has 1 atom stereocenters. The van der Waals surface area contributed by atoms with Crippen LogP contribution in [0.2, 0.25) is 0 Å². The fraction of sp³-hybridized carbons (Fsp3) is 1.00. The average Bonchev–Trinajstić information content (AvgIpc) is 1.89. The van der Waals surface area contributed by atoms with Crippen LogP contribution in [0.25, 0.3) is 0 Å². The van der Waals surface area contributed by atoms with Crippen molar-refractivity contribution < 1.29 is 0 Å². The molecule has 0 amide bonds. The van der Waals surface area contributed by atoms with E-state index in [4.69, 9.17) is 0 Å². The summed E-state index contributed by atoms with van der Waals surface area (Å²) in [5.41, 5.74) is 0. The maximum atomic E-state index is 3.40. The molecule has 0 aromatic rings. The molecule has 0 radical (unpaired) electrons. The number of rotatable bonds is 5. The Morgan fingerprint density at radius 1 is 1.67 bits per heavy atom. The van der Waals surface area contributed by atoms with Gasteiger partial charge in [-0.15, -0.1) is 0 Å². The molecular formula is C6H14BrNS. The molecule has 1 N–H and O–H groups in total. The monoisotopic (exact) mass is 211 g/mol. The van der Waals surface area contributed by atoms with Crippen LogP contribution in [0.1, 0.15) is 6.92 Å². The summed E-state index contributed by atoms with van der Waals surface area (Å²) < 4.78 is 0. The molecular weight excluding hydrogens is 198 g/mol. The maximum absolute atomic E-state index is 3.40. The van der Waals surface area contributed by atoms with Gasteiger partial charge in [0.15, 0.2) is 0 Å². The molecule has 9 heavy (non-hydrogen) atoms. The molecule has 0 spiro atoms. The molecule has 0 fully saturated rings. The van der Waals surface area contributed by atoms with Crippen molar-refractivity contribution in [2.24, 2.45) is 0 Å². The molecule has 0 heterocycles. The van der Waals surface area contributed by atoms with Crippen LogP contribution in [0.5, 0.6) is 0 Å². The van der Waals surface area contributed by atoms with Gasteiger partial charge in [0.05, 0.1) is 0 Å². The fourth-order valence-corrected chi connectivity index (χ4v) is 1.01. The van der Waals surface area contributed by atoms with Crippen molar-refractivity contribution in [3.05, 3.63) is 0 Å². The van der Waals surface area contributed by atoms with Gasteiger partial charge in [-0.2, -0.15) is 11.8 Å². The number of hydrogen-bond donors (Lipinski definition) is 1. The number of thioether (sulfide) groups is 1. The predicted molar refractivity (Wildman–Crippen MR) is 49.6 cm³/mol. The van der Waals surface area contributed by atoms with Gasteiger partial charge in [-0.05, 0) is 13.2 Å². The molecule has 56 valence electrons. The molecule has 0 aromatic heterocycles. The molecule has 1 unspecified atom stereocenters. The lowest BCUT2D eigenvalue weighted by Gasteiger charge is -2.08.